The van der Waals surface area contributed by atoms with Gasteiger partial charge >= 0.3 is 0 Å². The lowest BCUT2D eigenvalue weighted by atomic mass is 10.1. The monoisotopic (exact) mass is 377 g/mol. The second-order valence-corrected chi connectivity index (χ2v) is 7.35. The number of hydrogen-bond acceptors (Lipinski definition) is 8. The molecule has 1 aromatic carbocycles. The van der Waals surface area contributed by atoms with E-state index in [1.54, 1.807) is 12.4 Å². The average Bonchev–Trinajstić information content (AvgIpc) is 3.43. The third-order valence-electron chi connectivity index (χ3n) is 5.47. The van der Waals surface area contributed by atoms with Crippen LogP contribution in [0.15, 0.2) is 41.2 Å². The molecule has 0 spiro atoms. The Morgan fingerprint density at radius 2 is 2.04 bits per heavy atom. The Bertz CT molecular complexity index is 949. The zero-order chi connectivity index (χ0) is 18.9. The molecule has 0 radical (unpaired) electrons. The van der Waals surface area contributed by atoms with E-state index in [2.05, 4.69) is 54.6 Å². The maximum Gasteiger partial charge on any atom is 0.230 e. The second-order valence-electron chi connectivity index (χ2n) is 7.35. The smallest absolute Gasteiger partial charge is 0.230 e. The predicted molar refractivity (Wildman–Crippen MR) is 105 cm³/mol. The topological polar surface area (TPSA) is 106 Å². The van der Waals surface area contributed by atoms with Gasteiger partial charge in [0.25, 0.3) is 0 Å². The average molecular weight is 377 g/mol. The van der Waals surface area contributed by atoms with E-state index < -0.39 is 0 Å². The van der Waals surface area contributed by atoms with E-state index in [1.807, 2.05) is 0 Å². The van der Waals surface area contributed by atoms with Crippen LogP contribution < -0.4 is 16.0 Å². The molecule has 8 nitrogen and oxygen atoms in total. The highest BCUT2D eigenvalue weighted by molar-refractivity contribution is 5.49. The van der Waals surface area contributed by atoms with E-state index in [0.717, 1.165) is 44.0 Å². The number of benzene rings is 1. The minimum Gasteiger partial charge on any atom is -0.353 e. The Morgan fingerprint density at radius 1 is 1.14 bits per heavy atom. The van der Waals surface area contributed by atoms with Crippen LogP contribution in [0.1, 0.15) is 35.3 Å². The van der Waals surface area contributed by atoms with E-state index in [9.17, 15) is 0 Å². The number of anilines is 1. The van der Waals surface area contributed by atoms with Gasteiger partial charge in [-0.1, -0.05) is 29.4 Å². The first-order valence-corrected chi connectivity index (χ1v) is 9.72. The Balaban J connectivity index is 1.29. The molecule has 3 heterocycles. The van der Waals surface area contributed by atoms with Crippen LogP contribution in [-0.2, 0) is 6.54 Å². The largest absolute Gasteiger partial charge is 0.353 e. The van der Waals surface area contributed by atoms with Crippen LogP contribution >= 0.6 is 0 Å². The molecular weight excluding hydrogens is 354 g/mol. The van der Waals surface area contributed by atoms with Gasteiger partial charge in [0, 0.05) is 38.6 Å². The SMILES string of the molecule is NCc1cccc([C@@H]2C[C@H]2c2nc(-c3cnc(N4CCNCC4)cn3)no2)c1. The van der Waals surface area contributed by atoms with Crippen molar-refractivity contribution in [3.63, 3.8) is 0 Å². The maximum atomic E-state index is 5.75. The molecule has 1 saturated carbocycles. The van der Waals surface area contributed by atoms with E-state index in [1.165, 1.54) is 5.56 Å². The van der Waals surface area contributed by atoms with Crippen molar-refractivity contribution in [2.45, 2.75) is 24.8 Å². The molecule has 2 fully saturated rings. The zero-order valence-corrected chi connectivity index (χ0v) is 15.6. The summed E-state index contributed by atoms with van der Waals surface area (Å²) in [6.07, 6.45) is 4.53. The lowest BCUT2D eigenvalue weighted by Crippen LogP contribution is -2.43. The second kappa shape index (κ2) is 7.29. The van der Waals surface area contributed by atoms with Crippen LogP contribution in [0, 0.1) is 0 Å². The lowest BCUT2D eigenvalue weighted by Gasteiger charge is -2.27. The number of rotatable bonds is 5. The minimum absolute atomic E-state index is 0.266. The molecule has 1 saturated heterocycles. The Morgan fingerprint density at radius 3 is 2.82 bits per heavy atom. The fourth-order valence-corrected chi connectivity index (χ4v) is 3.77. The molecule has 0 amide bonds. The summed E-state index contributed by atoms with van der Waals surface area (Å²) in [6.45, 7) is 4.37. The Hall–Kier alpha value is -2.84. The number of piperazine rings is 1. The van der Waals surface area contributed by atoms with Crippen molar-refractivity contribution in [3.8, 4) is 11.5 Å². The van der Waals surface area contributed by atoms with Crippen LogP contribution in [0.4, 0.5) is 5.82 Å². The van der Waals surface area contributed by atoms with Gasteiger partial charge in [-0.25, -0.2) is 9.97 Å². The molecular formula is C20H23N7O. The van der Waals surface area contributed by atoms with Crippen LogP contribution in [0.25, 0.3) is 11.5 Å². The zero-order valence-electron chi connectivity index (χ0n) is 15.6. The van der Waals surface area contributed by atoms with Gasteiger partial charge in [-0.3, -0.25) is 0 Å². The normalized spacial score (nSPS) is 21.7. The maximum absolute atomic E-state index is 5.75. The van der Waals surface area contributed by atoms with Gasteiger partial charge < -0.3 is 20.5 Å². The van der Waals surface area contributed by atoms with E-state index in [-0.39, 0.29) is 5.92 Å². The molecule has 3 N–H and O–H groups in total. The summed E-state index contributed by atoms with van der Waals surface area (Å²) in [7, 11) is 0. The van der Waals surface area contributed by atoms with Gasteiger partial charge in [0.1, 0.15) is 11.5 Å². The molecule has 1 aliphatic heterocycles. The molecule has 3 aromatic rings. The van der Waals surface area contributed by atoms with E-state index in [0.29, 0.717) is 29.9 Å². The van der Waals surface area contributed by atoms with Gasteiger partial charge in [0.05, 0.1) is 12.4 Å². The Kier molecular flexibility index (Phi) is 4.50. The summed E-state index contributed by atoms with van der Waals surface area (Å²) in [4.78, 5) is 15.8. The molecule has 5 rings (SSSR count). The molecule has 144 valence electrons. The number of nitrogens with two attached hydrogens (primary N) is 1. The molecule has 2 aromatic heterocycles. The molecule has 0 unspecified atom stereocenters. The van der Waals surface area contributed by atoms with Crippen molar-refractivity contribution in [2.75, 3.05) is 31.1 Å². The van der Waals surface area contributed by atoms with Gasteiger partial charge in [-0.15, -0.1) is 0 Å². The molecule has 0 bridgehead atoms. The lowest BCUT2D eigenvalue weighted by molar-refractivity contribution is 0.378. The van der Waals surface area contributed by atoms with Crippen LogP contribution in [0.2, 0.25) is 0 Å². The van der Waals surface area contributed by atoms with Gasteiger partial charge in [-0.2, -0.15) is 4.98 Å². The van der Waals surface area contributed by atoms with Gasteiger partial charge in [0.2, 0.25) is 11.7 Å². The predicted octanol–water partition coefficient (Wildman–Crippen LogP) is 1.67. The summed E-state index contributed by atoms with van der Waals surface area (Å²) in [5.74, 6) is 2.74. The summed E-state index contributed by atoms with van der Waals surface area (Å²) >= 11 is 0. The van der Waals surface area contributed by atoms with Crippen molar-refractivity contribution < 1.29 is 4.52 Å². The minimum atomic E-state index is 0.266. The number of nitrogens with one attached hydrogen (secondary N) is 1. The summed E-state index contributed by atoms with van der Waals surface area (Å²) in [6, 6.07) is 8.42. The first-order chi connectivity index (χ1) is 13.8. The van der Waals surface area contributed by atoms with Crippen molar-refractivity contribution in [1.82, 2.24) is 25.4 Å². The standard InChI is InChI=1S/C20H23N7O/c21-10-13-2-1-3-14(8-13)15-9-16(15)20-25-19(26-28-20)17-11-24-18(12-23-17)27-6-4-22-5-7-27/h1-3,8,11-12,15-16,22H,4-7,9-10,21H2/t15-,16+/m0/s1. The molecule has 8 heteroatoms. The Labute approximate surface area is 163 Å². The first kappa shape index (κ1) is 17.3. The number of aromatic nitrogens is 4. The summed E-state index contributed by atoms with van der Waals surface area (Å²) < 4.78 is 5.53. The van der Waals surface area contributed by atoms with Gasteiger partial charge in [0.15, 0.2) is 0 Å². The quantitative estimate of drug-likeness (QED) is 0.692. The molecule has 28 heavy (non-hydrogen) atoms. The fraction of sp³-hybridized carbons (Fsp3) is 0.400. The van der Waals surface area contributed by atoms with E-state index in [4.69, 9.17) is 10.3 Å². The van der Waals surface area contributed by atoms with Crippen LogP contribution in [0.3, 0.4) is 0 Å². The highest BCUT2D eigenvalue weighted by Gasteiger charge is 2.43. The third kappa shape index (κ3) is 3.36. The van der Waals surface area contributed by atoms with Gasteiger partial charge in [-0.05, 0) is 23.5 Å². The molecule has 2 atom stereocenters. The number of nitrogens with zero attached hydrogens (tertiary/aromatic N) is 5. The van der Waals surface area contributed by atoms with Crippen molar-refractivity contribution in [2.24, 2.45) is 5.73 Å². The highest BCUT2D eigenvalue weighted by Crippen LogP contribution is 2.54. The fourth-order valence-electron chi connectivity index (χ4n) is 3.77. The molecule has 1 aliphatic carbocycles. The summed E-state index contributed by atoms with van der Waals surface area (Å²) in [5, 5.41) is 7.45. The van der Waals surface area contributed by atoms with Crippen molar-refractivity contribution in [3.05, 3.63) is 53.7 Å². The summed E-state index contributed by atoms with van der Waals surface area (Å²) in [5.41, 5.74) is 8.82. The van der Waals surface area contributed by atoms with Crippen molar-refractivity contribution >= 4 is 5.82 Å². The highest BCUT2D eigenvalue weighted by atomic mass is 16.5. The van der Waals surface area contributed by atoms with Crippen LogP contribution in [0.5, 0.6) is 0 Å². The van der Waals surface area contributed by atoms with E-state index >= 15 is 0 Å². The first-order valence-electron chi connectivity index (χ1n) is 9.72. The van der Waals surface area contributed by atoms with Crippen molar-refractivity contribution in [1.29, 1.82) is 0 Å². The third-order valence-corrected chi connectivity index (χ3v) is 5.47. The molecule has 2 aliphatic rings. The van der Waals surface area contributed by atoms with Crippen LogP contribution in [-0.4, -0.2) is 46.3 Å². The number of hydrogen-bond donors (Lipinski definition) is 2.